The van der Waals surface area contributed by atoms with Crippen LogP contribution in [0.2, 0.25) is 0 Å². The van der Waals surface area contributed by atoms with Gasteiger partial charge in [-0.25, -0.2) is 4.79 Å². The Balaban J connectivity index is 1.77. The third kappa shape index (κ3) is 4.00. The fourth-order valence-electron chi connectivity index (χ4n) is 2.43. The lowest BCUT2D eigenvalue weighted by atomic mass is 10.0. The molecule has 0 radical (unpaired) electrons. The number of hydrogen-bond donors (Lipinski definition) is 0. The topological polar surface area (TPSA) is 52.6 Å². The molecule has 3 rings (SSSR count). The zero-order chi connectivity index (χ0) is 18.5. The van der Waals surface area contributed by atoms with Crippen molar-refractivity contribution >= 4 is 27.7 Å². The first-order valence-electron chi connectivity index (χ1n) is 7.84. The minimum absolute atomic E-state index is 0.0860. The molecule has 0 saturated heterocycles. The molecule has 0 aliphatic heterocycles. The van der Waals surface area contributed by atoms with Gasteiger partial charge in [0.15, 0.2) is 5.78 Å². The van der Waals surface area contributed by atoms with E-state index in [1.165, 1.54) is 7.11 Å². The molecule has 0 spiro atoms. The molecule has 0 unspecified atom stereocenters. The lowest BCUT2D eigenvalue weighted by Crippen LogP contribution is -2.10. The van der Waals surface area contributed by atoms with Crippen LogP contribution in [0.25, 0.3) is 0 Å². The summed E-state index contributed by atoms with van der Waals surface area (Å²) in [5, 5.41) is 0. The summed E-state index contributed by atoms with van der Waals surface area (Å²) in [6.45, 7) is 0. The molecule has 0 N–H and O–H groups in total. The quantitative estimate of drug-likeness (QED) is 0.340. The fourth-order valence-corrected chi connectivity index (χ4v) is 2.79. The van der Waals surface area contributed by atoms with Crippen LogP contribution in [0.1, 0.15) is 26.3 Å². The summed E-state index contributed by atoms with van der Waals surface area (Å²) in [4.78, 5) is 24.8. The number of ketones is 1. The van der Waals surface area contributed by atoms with Crippen molar-refractivity contribution in [1.82, 2.24) is 0 Å². The number of benzene rings is 3. The smallest absolute Gasteiger partial charge is 0.347 e. The SMILES string of the molecule is COc1ccc(Br)cc1C(=O)Oc1ccc(C(=O)c2ccccc2)cc1. The van der Waals surface area contributed by atoms with Crippen molar-refractivity contribution in [1.29, 1.82) is 0 Å². The Labute approximate surface area is 159 Å². The number of halogens is 1. The minimum Gasteiger partial charge on any atom is -0.496 e. The fraction of sp³-hybridized carbons (Fsp3) is 0.0476. The van der Waals surface area contributed by atoms with Gasteiger partial charge in [-0.1, -0.05) is 46.3 Å². The summed E-state index contributed by atoms with van der Waals surface area (Å²) in [7, 11) is 1.49. The Morgan fingerprint density at radius 3 is 2.15 bits per heavy atom. The van der Waals surface area contributed by atoms with Crippen molar-refractivity contribution in [3.05, 3.63) is 94.0 Å². The highest BCUT2D eigenvalue weighted by Gasteiger charge is 2.16. The molecule has 3 aromatic carbocycles. The maximum Gasteiger partial charge on any atom is 0.347 e. The standard InChI is InChI=1S/C21H15BrO4/c1-25-19-12-9-16(22)13-18(19)21(24)26-17-10-7-15(8-11-17)20(23)14-5-3-2-4-6-14/h2-13H,1H3. The first kappa shape index (κ1) is 17.9. The van der Waals surface area contributed by atoms with Crippen molar-refractivity contribution < 1.29 is 19.1 Å². The molecule has 0 atom stereocenters. The number of rotatable bonds is 5. The van der Waals surface area contributed by atoms with Gasteiger partial charge in [0, 0.05) is 15.6 Å². The van der Waals surface area contributed by atoms with Crippen molar-refractivity contribution in [2.24, 2.45) is 0 Å². The molecule has 0 aromatic heterocycles. The monoisotopic (exact) mass is 410 g/mol. The van der Waals surface area contributed by atoms with Crippen LogP contribution in [-0.2, 0) is 0 Å². The van der Waals surface area contributed by atoms with E-state index in [1.807, 2.05) is 18.2 Å². The van der Waals surface area contributed by atoms with Gasteiger partial charge in [0.2, 0.25) is 0 Å². The van der Waals surface area contributed by atoms with E-state index in [4.69, 9.17) is 9.47 Å². The van der Waals surface area contributed by atoms with Crippen LogP contribution in [0, 0.1) is 0 Å². The Hall–Kier alpha value is -2.92. The summed E-state index contributed by atoms with van der Waals surface area (Å²) in [6, 6.07) is 20.6. The molecule has 0 bridgehead atoms. The van der Waals surface area contributed by atoms with Crippen LogP contribution < -0.4 is 9.47 Å². The number of ether oxygens (including phenoxy) is 2. The lowest BCUT2D eigenvalue weighted by molar-refractivity contribution is 0.0731. The summed E-state index contributed by atoms with van der Waals surface area (Å²) in [6.07, 6.45) is 0. The minimum atomic E-state index is -0.537. The Morgan fingerprint density at radius 1 is 0.846 bits per heavy atom. The third-order valence-corrected chi connectivity index (χ3v) is 4.24. The molecule has 26 heavy (non-hydrogen) atoms. The molecule has 0 amide bonds. The van der Waals surface area contributed by atoms with Crippen LogP contribution in [-0.4, -0.2) is 18.9 Å². The van der Waals surface area contributed by atoms with Crippen LogP contribution in [0.4, 0.5) is 0 Å². The predicted octanol–water partition coefficient (Wildman–Crippen LogP) is 4.91. The second-order valence-corrected chi connectivity index (χ2v) is 6.37. The number of methoxy groups -OCH3 is 1. The summed E-state index contributed by atoms with van der Waals surface area (Å²) in [5.74, 6) is 0.151. The summed E-state index contributed by atoms with van der Waals surface area (Å²) < 4.78 is 11.3. The van der Waals surface area contributed by atoms with E-state index in [0.717, 1.165) is 4.47 Å². The number of esters is 1. The van der Waals surface area contributed by atoms with Crippen molar-refractivity contribution in [2.45, 2.75) is 0 Å². The zero-order valence-electron chi connectivity index (χ0n) is 13.9. The van der Waals surface area contributed by atoms with Gasteiger partial charge in [-0.15, -0.1) is 0 Å². The molecular formula is C21H15BrO4. The maximum atomic E-state index is 12.4. The van der Waals surface area contributed by atoms with Gasteiger partial charge in [-0.3, -0.25) is 4.79 Å². The highest BCUT2D eigenvalue weighted by Crippen LogP contribution is 2.25. The molecule has 0 fully saturated rings. The van der Waals surface area contributed by atoms with Gasteiger partial charge in [0.1, 0.15) is 17.1 Å². The van der Waals surface area contributed by atoms with E-state index in [9.17, 15) is 9.59 Å². The summed E-state index contributed by atoms with van der Waals surface area (Å²) in [5.41, 5.74) is 1.44. The lowest BCUT2D eigenvalue weighted by Gasteiger charge is -2.09. The second-order valence-electron chi connectivity index (χ2n) is 5.45. The van der Waals surface area contributed by atoms with Crippen LogP contribution in [0.15, 0.2) is 77.3 Å². The van der Waals surface area contributed by atoms with Crippen molar-refractivity contribution in [3.8, 4) is 11.5 Å². The molecule has 5 heteroatoms. The third-order valence-electron chi connectivity index (χ3n) is 3.74. The number of hydrogen-bond acceptors (Lipinski definition) is 4. The largest absolute Gasteiger partial charge is 0.496 e. The molecule has 0 aliphatic rings. The van der Waals surface area contributed by atoms with Gasteiger partial charge < -0.3 is 9.47 Å². The Bertz CT molecular complexity index is 934. The first-order chi connectivity index (χ1) is 12.6. The maximum absolute atomic E-state index is 12.4. The van der Waals surface area contributed by atoms with E-state index in [0.29, 0.717) is 28.2 Å². The molecule has 4 nitrogen and oxygen atoms in total. The van der Waals surface area contributed by atoms with Gasteiger partial charge in [0.05, 0.1) is 7.11 Å². The highest BCUT2D eigenvalue weighted by atomic mass is 79.9. The van der Waals surface area contributed by atoms with Crippen LogP contribution in [0.5, 0.6) is 11.5 Å². The van der Waals surface area contributed by atoms with E-state index < -0.39 is 5.97 Å². The molecule has 0 saturated carbocycles. The van der Waals surface area contributed by atoms with Crippen molar-refractivity contribution in [2.75, 3.05) is 7.11 Å². The molecular weight excluding hydrogens is 396 g/mol. The van der Waals surface area contributed by atoms with E-state index in [2.05, 4.69) is 15.9 Å². The molecule has 3 aromatic rings. The average Bonchev–Trinajstić information content (AvgIpc) is 2.68. The van der Waals surface area contributed by atoms with Crippen molar-refractivity contribution in [3.63, 3.8) is 0 Å². The molecule has 130 valence electrons. The van der Waals surface area contributed by atoms with Crippen LogP contribution in [0.3, 0.4) is 0 Å². The summed E-state index contributed by atoms with van der Waals surface area (Å²) >= 11 is 3.33. The number of carbonyl (C=O) groups excluding carboxylic acids is 2. The zero-order valence-corrected chi connectivity index (χ0v) is 15.5. The Kier molecular flexibility index (Phi) is 5.49. The van der Waals surface area contributed by atoms with Gasteiger partial charge >= 0.3 is 5.97 Å². The molecule has 0 heterocycles. The van der Waals surface area contributed by atoms with E-state index in [-0.39, 0.29) is 5.78 Å². The normalized spacial score (nSPS) is 10.2. The van der Waals surface area contributed by atoms with E-state index in [1.54, 1.807) is 54.6 Å². The molecule has 0 aliphatic carbocycles. The average molecular weight is 411 g/mol. The Morgan fingerprint density at radius 2 is 1.50 bits per heavy atom. The first-order valence-corrected chi connectivity index (χ1v) is 8.63. The van der Waals surface area contributed by atoms with E-state index >= 15 is 0 Å². The van der Waals surface area contributed by atoms with Crippen LogP contribution >= 0.6 is 15.9 Å². The second kappa shape index (κ2) is 7.97. The van der Waals surface area contributed by atoms with Gasteiger partial charge in [0.25, 0.3) is 0 Å². The predicted molar refractivity (Wildman–Crippen MR) is 102 cm³/mol. The van der Waals surface area contributed by atoms with Gasteiger partial charge in [-0.2, -0.15) is 0 Å². The number of carbonyl (C=O) groups is 2. The van der Waals surface area contributed by atoms with Gasteiger partial charge in [-0.05, 0) is 42.5 Å². The highest BCUT2D eigenvalue weighted by molar-refractivity contribution is 9.10.